The molecule has 0 atom stereocenters. The number of rotatable bonds is 7. The van der Waals surface area contributed by atoms with Gasteiger partial charge in [-0.15, -0.1) is 0 Å². The monoisotopic (exact) mass is 375 g/mol. The molecular weight excluding hydrogens is 354 g/mol. The SMILES string of the molecule is Cn1nc(C2CC2)cc1Oc1cc(C#N)ccc1-c1cc(OCCN)ccn1. The summed E-state index contributed by atoms with van der Waals surface area (Å²) in [7, 11) is 1.86. The third-order valence-electron chi connectivity index (χ3n) is 4.57. The summed E-state index contributed by atoms with van der Waals surface area (Å²) in [6, 6.07) is 13.0. The fourth-order valence-electron chi connectivity index (χ4n) is 2.97. The summed E-state index contributed by atoms with van der Waals surface area (Å²) in [6.45, 7) is 0.867. The van der Waals surface area contributed by atoms with Crippen LogP contribution < -0.4 is 15.2 Å². The maximum absolute atomic E-state index is 9.30. The van der Waals surface area contributed by atoms with Crippen LogP contribution in [-0.4, -0.2) is 27.9 Å². The molecule has 1 saturated carbocycles. The number of nitrogens with zero attached hydrogens (tertiary/aromatic N) is 4. The van der Waals surface area contributed by atoms with E-state index in [1.807, 2.05) is 25.2 Å². The molecule has 1 aliphatic rings. The third-order valence-corrected chi connectivity index (χ3v) is 4.57. The van der Waals surface area contributed by atoms with E-state index in [0.717, 1.165) is 11.3 Å². The van der Waals surface area contributed by atoms with E-state index in [4.69, 9.17) is 15.2 Å². The van der Waals surface area contributed by atoms with Crippen LogP contribution in [0.15, 0.2) is 42.6 Å². The summed E-state index contributed by atoms with van der Waals surface area (Å²) >= 11 is 0. The van der Waals surface area contributed by atoms with Gasteiger partial charge in [-0.25, -0.2) is 4.68 Å². The first-order valence-electron chi connectivity index (χ1n) is 9.23. The van der Waals surface area contributed by atoms with Crippen molar-refractivity contribution < 1.29 is 9.47 Å². The molecule has 1 fully saturated rings. The summed E-state index contributed by atoms with van der Waals surface area (Å²) in [4.78, 5) is 4.44. The van der Waals surface area contributed by atoms with Crippen molar-refractivity contribution >= 4 is 0 Å². The minimum absolute atomic E-state index is 0.430. The van der Waals surface area contributed by atoms with Crippen LogP contribution in [-0.2, 0) is 7.05 Å². The van der Waals surface area contributed by atoms with Crippen LogP contribution in [0.1, 0.15) is 30.0 Å². The lowest BCUT2D eigenvalue weighted by molar-refractivity contribution is 0.328. The zero-order valence-electron chi connectivity index (χ0n) is 15.6. The lowest BCUT2D eigenvalue weighted by atomic mass is 10.1. The van der Waals surface area contributed by atoms with Gasteiger partial charge in [-0.2, -0.15) is 10.4 Å². The number of nitrogens with two attached hydrogens (primary N) is 1. The van der Waals surface area contributed by atoms with E-state index in [2.05, 4.69) is 16.2 Å². The molecule has 2 heterocycles. The first-order chi connectivity index (χ1) is 13.7. The van der Waals surface area contributed by atoms with Gasteiger partial charge in [0.15, 0.2) is 0 Å². The highest BCUT2D eigenvalue weighted by atomic mass is 16.5. The second-order valence-electron chi connectivity index (χ2n) is 6.74. The van der Waals surface area contributed by atoms with Gasteiger partial charge in [0.1, 0.15) is 18.1 Å². The summed E-state index contributed by atoms with van der Waals surface area (Å²) in [5.74, 6) is 2.40. The number of hydrogen-bond acceptors (Lipinski definition) is 6. The molecule has 0 bridgehead atoms. The Kier molecular flexibility index (Phi) is 4.96. The fraction of sp³-hybridized carbons (Fsp3) is 0.286. The number of ether oxygens (including phenoxy) is 2. The second kappa shape index (κ2) is 7.71. The van der Waals surface area contributed by atoms with Gasteiger partial charge in [0.05, 0.1) is 23.0 Å². The van der Waals surface area contributed by atoms with E-state index in [1.165, 1.54) is 12.8 Å². The van der Waals surface area contributed by atoms with Gasteiger partial charge >= 0.3 is 0 Å². The number of nitriles is 1. The molecule has 4 rings (SSSR count). The number of aryl methyl sites for hydroxylation is 1. The van der Waals surface area contributed by atoms with Gasteiger partial charge in [0, 0.05) is 43.4 Å². The standard InChI is InChI=1S/C21H21N5O2/c1-26-21(12-18(25-26)15-3-4-15)28-20-10-14(13-23)2-5-17(20)19-11-16(6-8-24-19)27-9-7-22/h2,5-6,8,10-12,15H,3-4,7,9,22H2,1H3. The molecule has 0 spiro atoms. The summed E-state index contributed by atoms with van der Waals surface area (Å²) in [5, 5.41) is 13.8. The van der Waals surface area contributed by atoms with Crippen molar-refractivity contribution in [1.82, 2.24) is 14.8 Å². The highest BCUT2D eigenvalue weighted by molar-refractivity contribution is 5.70. The van der Waals surface area contributed by atoms with E-state index in [0.29, 0.717) is 47.7 Å². The molecule has 142 valence electrons. The second-order valence-corrected chi connectivity index (χ2v) is 6.74. The Morgan fingerprint density at radius 2 is 2.11 bits per heavy atom. The van der Waals surface area contributed by atoms with Crippen molar-refractivity contribution in [1.29, 1.82) is 5.26 Å². The fourth-order valence-corrected chi connectivity index (χ4v) is 2.97. The van der Waals surface area contributed by atoms with Gasteiger partial charge in [-0.3, -0.25) is 4.98 Å². The van der Waals surface area contributed by atoms with Gasteiger partial charge in [-0.05, 0) is 37.1 Å². The molecule has 0 unspecified atom stereocenters. The smallest absolute Gasteiger partial charge is 0.217 e. The average molecular weight is 375 g/mol. The number of benzene rings is 1. The Labute approximate surface area is 163 Å². The molecule has 0 aliphatic heterocycles. The first-order valence-corrected chi connectivity index (χ1v) is 9.23. The van der Waals surface area contributed by atoms with E-state index in [1.54, 1.807) is 29.1 Å². The summed E-state index contributed by atoms with van der Waals surface area (Å²) in [5.41, 5.74) is 8.53. The molecule has 7 heteroatoms. The first kappa shape index (κ1) is 18.0. The predicted molar refractivity (Wildman–Crippen MR) is 104 cm³/mol. The van der Waals surface area contributed by atoms with Gasteiger partial charge in [-0.1, -0.05) is 0 Å². The van der Waals surface area contributed by atoms with Crippen LogP contribution in [0, 0.1) is 11.3 Å². The highest BCUT2D eigenvalue weighted by Crippen LogP contribution is 2.41. The predicted octanol–water partition coefficient (Wildman–Crippen LogP) is 3.36. The zero-order chi connectivity index (χ0) is 19.5. The normalized spacial score (nSPS) is 13.2. The molecule has 2 aromatic heterocycles. The van der Waals surface area contributed by atoms with Gasteiger partial charge in [0.25, 0.3) is 0 Å². The molecule has 28 heavy (non-hydrogen) atoms. The minimum atomic E-state index is 0.430. The van der Waals surface area contributed by atoms with Gasteiger partial charge in [0.2, 0.25) is 5.88 Å². The molecule has 0 amide bonds. The van der Waals surface area contributed by atoms with Gasteiger partial charge < -0.3 is 15.2 Å². The average Bonchev–Trinajstić information content (AvgIpc) is 3.51. The van der Waals surface area contributed by atoms with Crippen molar-refractivity contribution in [2.75, 3.05) is 13.2 Å². The van der Waals surface area contributed by atoms with Crippen molar-refractivity contribution in [3.63, 3.8) is 0 Å². The Bertz CT molecular complexity index is 1030. The maximum Gasteiger partial charge on any atom is 0.217 e. The van der Waals surface area contributed by atoms with Crippen LogP contribution in [0.2, 0.25) is 0 Å². The molecule has 7 nitrogen and oxygen atoms in total. The number of pyridine rings is 1. The summed E-state index contributed by atoms with van der Waals surface area (Å²) < 4.78 is 13.5. The zero-order valence-corrected chi connectivity index (χ0v) is 15.6. The van der Waals surface area contributed by atoms with Crippen LogP contribution >= 0.6 is 0 Å². The molecule has 1 aliphatic carbocycles. The van der Waals surface area contributed by atoms with Crippen LogP contribution in [0.4, 0.5) is 0 Å². The Morgan fingerprint density at radius 3 is 2.86 bits per heavy atom. The van der Waals surface area contributed by atoms with Crippen molar-refractivity contribution in [3.05, 3.63) is 53.9 Å². The number of aromatic nitrogens is 3. The Hall–Kier alpha value is -3.37. The molecule has 0 saturated heterocycles. The minimum Gasteiger partial charge on any atom is -0.492 e. The molecule has 1 aromatic carbocycles. The third kappa shape index (κ3) is 3.82. The molecule has 2 N–H and O–H groups in total. The van der Waals surface area contributed by atoms with E-state index in [-0.39, 0.29) is 0 Å². The van der Waals surface area contributed by atoms with Crippen molar-refractivity contribution in [2.24, 2.45) is 12.8 Å². The molecule has 3 aromatic rings. The summed E-state index contributed by atoms with van der Waals surface area (Å²) in [6.07, 6.45) is 4.02. The molecule has 0 radical (unpaired) electrons. The topological polar surface area (TPSA) is 99.0 Å². The maximum atomic E-state index is 9.30. The van der Waals surface area contributed by atoms with E-state index >= 15 is 0 Å². The Morgan fingerprint density at radius 1 is 1.25 bits per heavy atom. The molecular formula is C21H21N5O2. The van der Waals surface area contributed by atoms with E-state index in [9.17, 15) is 5.26 Å². The number of hydrogen-bond donors (Lipinski definition) is 1. The van der Waals surface area contributed by atoms with Crippen LogP contribution in [0.5, 0.6) is 17.4 Å². The van der Waals surface area contributed by atoms with Crippen molar-refractivity contribution in [2.45, 2.75) is 18.8 Å². The van der Waals surface area contributed by atoms with E-state index < -0.39 is 0 Å². The van der Waals surface area contributed by atoms with Crippen molar-refractivity contribution in [3.8, 4) is 34.7 Å². The Balaban J connectivity index is 1.69. The lowest BCUT2D eigenvalue weighted by Crippen LogP contribution is -2.10. The van der Waals surface area contributed by atoms with Crippen LogP contribution in [0.3, 0.4) is 0 Å². The van der Waals surface area contributed by atoms with Crippen LogP contribution in [0.25, 0.3) is 11.3 Å². The quantitative estimate of drug-likeness (QED) is 0.680. The lowest BCUT2D eigenvalue weighted by Gasteiger charge is -2.12. The highest BCUT2D eigenvalue weighted by Gasteiger charge is 2.27. The largest absolute Gasteiger partial charge is 0.492 e.